The Bertz CT molecular complexity index is 967. The highest BCUT2D eigenvalue weighted by Gasteiger charge is 2.17. The summed E-state index contributed by atoms with van der Waals surface area (Å²) in [4.78, 5) is 16.0. The van der Waals surface area contributed by atoms with E-state index >= 15 is 0 Å². The second-order valence-corrected chi connectivity index (χ2v) is 8.44. The summed E-state index contributed by atoms with van der Waals surface area (Å²) < 4.78 is 13.5. The standard InChI is InChI=1S/C21H26FN5S/c1-23-21(27(2)13-20-26-18-5-3-4-6-19(18)28-20)24-10-9-14-12-25-17-8-7-15(22)11-16(14)17/h7-8,11-12,25H,3-6,9-10,13H2,1-2H3,(H,23,24). The maximum absolute atomic E-state index is 13.5. The van der Waals surface area contributed by atoms with Gasteiger partial charge in [-0.1, -0.05) is 0 Å². The molecule has 0 amide bonds. The van der Waals surface area contributed by atoms with Gasteiger partial charge in [0.2, 0.25) is 0 Å². The Morgan fingerprint density at radius 3 is 3.04 bits per heavy atom. The van der Waals surface area contributed by atoms with Gasteiger partial charge < -0.3 is 15.2 Å². The van der Waals surface area contributed by atoms with Crippen LogP contribution in [0.25, 0.3) is 10.9 Å². The highest BCUT2D eigenvalue weighted by Crippen LogP contribution is 2.27. The number of aromatic nitrogens is 2. The molecule has 0 atom stereocenters. The lowest BCUT2D eigenvalue weighted by Crippen LogP contribution is -2.39. The minimum Gasteiger partial charge on any atom is -0.361 e. The first-order valence-electron chi connectivity index (χ1n) is 9.79. The summed E-state index contributed by atoms with van der Waals surface area (Å²) in [5.74, 6) is 0.641. The number of halogens is 1. The molecule has 0 saturated heterocycles. The average Bonchev–Trinajstić information content (AvgIpc) is 3.28. The van der Waals surface area contributed by atoms with Crippen molar-refractivity contribution in [1.29, 1.82) is 0 Å². The SMILES string of the molecule is CN=C(NCCc1c[nH]c2ccc(F)cc12)N(C)Cc1nc2c(s1)CCCC2. The lowest BCUT2D eigenvalue weighted by molar-refractivity contribution is 0.475. The van der Waals surface area contributed by atoms with Crippen molar-refractivity contribution in [3.05, 3.63) is 51.4 Å². The average molecular weight is 400 g/mol. The molecular weight excluding hydrogens is 373 g/mol. The van der Waals surface area contributed by atoms with Crippen LogP contribution < -0.4 is 5.32 Å². The van der Waals surface area contributed by atoms with Gasteiger partial charge in [-0.25, -0.2) is 9.37 Å². The highest BCUT2D eigenvalue weighted by molar-refractivity contribution is 7.11. The van der Waals surface area contributed by atoms with Crippen molar-refractivity contribution in [1.82, 2.24) is 20.2 Å². The number of H-pyrrole nitrogens is 1. The van der Waals surface area contributed by atoms with Gasteiger partial charge in [0.05, 0.1) is 12.2 Å². The molecule has 1 aliphatic rings. The summed E-state index contributed by atoms with van der Waals surface area (Å²) in [6.45, 7) is 1.49. The Hall–Kier alpha value is -2.41. The topological polar surface area (TPSA) is 56.3 Å². The molecule has 0 saturated carbocycles. The Labute approximate surface area is 168 Å². The molecule has 0 aliphatic heterocycles. The fourth-order valence-electron chi connectivity index (χ4n) is 3.80. The molecule has 0 bridgehead atoms. The molecule has 1 aliphatic carbocycles. The molecule has 1 aromatic carbocycles. The van der Waals surface area contributed by atoms with E-state index in [1.165, 1.54) is 35.9 Å². The van der Waals surface area contributed by atoms with Gasteiger partial charge in [-0.3, -0.25) is 4.99 Å². The fraction of sp³-hybridized carbons (Fsp3) is 0.429. The van der Waals surface area contributed by atoms with Gasteiger partial charge in [-0.05, 0) is 55.9 Å². The minimum atomic E-state index is -0.206. The van der Waals surface area contributed by atoms with Gasteiger partial charge >= 0.3 is 0 Å². The monoisotopic (exact) mass is 399 g/mol. The van der Waals surface area contributed by atoms with E-state index < -0.39 is 0 Å². The number of thiazole rings is 1. The Morgan fingerprint density at radius 2 is 2.21 bits per heavy atom. The van der Waals surface area contributed by atoms with Gasteiger partial charge in [0, 0.05) is 42.6 Å². The first-order valence-corrected chi connectivity index (χ1v) is 10.6. The molecule has 2 aromatic heterocycles. The third-order valence-electron chi connectivity index (χ3n) is 5.24. The summed E-state index contributed by atoms with van der Waals surface area (Å²) >= 11 is 1.84. The van der Waals surface area contributed by atoms with E-state index in [1.54, 1.807) is 19.2 Å². The third kappa shape index (κ3) is 4.04. The first kappa shape index (κ1) is 18.9. The molecule has 0 spiro atoms. The largest absolute Gasteiger partial charge is 0.361 e. The Balaban J connectivity index is 1.35. The molecule has 4 rings (SSSR count). The zero-order valence-corrected chi connectivity index (χ0v) is 17.2. The maximum atomic E-state index is 13.5. The van der Waals surface area contributed by atoms with Gasteiger partial charge in [-0.2, -0.15) is 0 Å². The second kappa shape index (κ2) is 8.31. The summed E-state index contributed by atoms with van der Waals surface area (Å²) in [5.41, 5.74) is 3.37. The minimum absolute atomic E-state index is 0.206. The molecule has 3 aromatic rings. The van der Waals surface area contributed by atoms with E-state index in [2.05, 4.69) is 20.2 Å². The van der Waals surface area contributed by atoms with E-state index in [-0.39, 0.29) is 5.82 Å². The van der Waals surface area contributed by atoms with E-state index in [0.717, 1.165) is 53.4 Å². The van der Waals surface area contributed by atoms with Crippen LogP contribution in [0.3, 0.4) is 0 Å². The third-order valence-corrected chi connectivity index (χ3v) is 6.38. The van der Waals surface area contributed by atoms with Crippen molar-refractivity contribution in [2.75, 3.05) is 20.6 Å². The molecule has 28 heavy (non-hydrogen) atoms. The van der Waals surface area contributed by atoms with Crippen molar-refractivity contribution < 1.29 is 4.39 Å². The lowest BCUT2D eigenvalue weighted by Gasteiger charge is -2.21. The van der Waals surface area contributed by atoms with Crippen molar-refractivity contribution >= 4 is 28.2 Å². The zero-order chi connectivity index (χ0) is 19.5. The molecule has 2 heterocycles. The van der Waals surface area contributed by atoms with Crippen LogP contribution in [-0.2, 0) is 25.8 Å². The Morgan fingerprint density at radius 1 is 1.36 bits per heavy atom. The van der Waals surface area contributed by atoms with Gasteiger partial charge in [0.25, 0.3) is 0 Å². The van der Waals surface area contributed by atoms with E-state index in [1.807, 2.05) is 24.6 Å². The van der Waals surface area contributed by atoms with Crippen LogP contribution in [0.2, 0.25) is 0 Å². The molecule has 7 heteroatoms. The molecule has 0 fully saturated rings. The van der Waals surface area contributed by atoms with Crippen molar-refractivity contribution in [3.63, 3.8) is 0 Å². The number of aliphatic imine (C=N–C) groups is 1. The number of nitrogens with zero attached hydrogens (tertiary/aromatic N) is 3. The summed E-state index contributed by atoms with van der Waals surface area (Å²) in [6.07, 6.45) is 7.58. The zero-order valence-electron chi connectivity index (χ0n) is 16.4. The molecule has 2 N–H and O–H groups in total. The molecular formula is C21H26FN5S. The summed E-state index contributed by atoms with van der Waals surface area (Å²) in [5, 5.41) is 5.51. The fourth-order valence-corrected chi connectivity index (χ4v) is 5.01. The van der Waals surface area contributed by atoms with Crippen LogP contribution in [0.15, 0.2) is 29.4 Å². The predicted octanol–water partition coefficient (Wildman–Crippen LogP) is 3.89. The normalized spacial score (nSPS) is 14.3. The van der Waals surface area contributed by atoms with Crippen LogP contribution in [0.5, 0.6) is 0 Å². The van der Waals surface area contributed by atoms with E-state index in [4.69, 9.17) is 4.98 Å². The van der Waals surface area contributed by atoms with Gasteiger partial charge in [0.15, 0.2) is 5.96 Å². The number of hydrogen-bond acceptors (Lipinski definition) is 3. The van der Waals surface area contributed by atoms with Crippen molar-refractivity contribution in [2.24, 2.45) is 4.99 Å². The molecule has 0 radical (unpaired) electrons. The second-order valence-electron chi connectivity index (χ2n) is 7.27. The quantitative estimate of drug-likeness (QED) is 0.505. The summed E-state index contributed by atoms with van der Waals surface area (Å²) in [7, 11) is 3.84. The van der Waals surface area contributed by atoms with Crippen molar-refractivity contribution in [3.8, 4) is 0 Å². The van der Waals surface area contributed by atoms with Crippen molar-refractivity contribution in [2.45, 2.75) is 38.6 Å². The molecule has 148 valence electrons. The molecule has 5 nitrogen and oxygen atoms in total. The number of guanidine groups is 1. The first-order chi connectivity index (χ1) is 13.6. The predicted molar refractivity (Wildman–Crippen MR) is 114 cm³/mol. The Kier molecular flexibility index (Phi) is 5.62. The van der Waals surface area contributed by atoms with Crippen LogP contribution >= 0.6 is 11.3 Å². The number of fused-ring (bicyclic) bond motifs is 2. The number of hydrogen-bond donors (Lipinski definition) is 2. The number of aryl methyl sites for hydroxylation is 2. The number of nitrogens with one attached hydrogen (secondary N) is 2. The lowest BCUT2D eigenvalue weighted by atomic mass is 10.0. The van der Waals surface area contributed by atoms with Crippen LogP contribution in [0.1, 0.15) is 34.0 Å². The highest BCUT2D eigenvalue weighted by atomic mass is 32.1. The van der Waals surface area contributed by atoms with Gasteiger partial charge in [-0.15, -0.1) is 11.3 Å². The van der Waals surface area contributed by atoms with E-state index in [0.29, 0.717) is 0 Å². The van der Waals surface area contributed by atoms with Crippen LogP contribution in [-0.4, -0.2) is 41.5 Å². The van der Waals surface area contributed by atoms with E-state index in [9.17, 15) is 4.39 Å². The molecule has 0 unspecified atom stereocenters. The van der Waals surface area contributed by atoms with Crippen LogP contribution in [0, 0.1) is 5.82 Å². The maximum Gasteiger partial charge on any atom is 0.193 e. The number of aromatic amines is 1. The smallest absolute Gasteiger partial charge is 0.193 e. The van der Waals surface area contributed by atoms with Crippen LogP contribution in [0.4, 0.5) is 4.39 Å². The summed E-state index contributed by atoms with van der Waals surface area (Å²) in [6, 6.07) is 4.85. The number of benzene rings is 1. The van der Waals surface area contributed by atoms with Gasteiger partial charge in [0.1, 0.15) is 10.8 Å². The number of rotatable bonds is 5.